The first-order valence-corrected chi connectivity index (χ1v) is 8.08. The third-order valence-electron chi connectivity index (χ3n) is 4.50. The lowest BCUT2D eigenvalue weighted by Gasteiger charge is -2.27. The molecule has 3 rings (SSSR count). The molecule has 0 aromatic heterocycles. The number of hydrogen-bond donors (Lipinski definition) is 2. The number of nitrogens with one attached hydrogen (secondary N) is 2. The Hall–Kier alpha value is -1.88. The minimum atomic E-state index is -0.108. The van der Waals surface area contributed by atoms with Crippen molar-refractivity contribution >= 4 is 23.2 Å². The molecule has 2 saturated heterocycles. The number of nitrogens with zero attached hydrogens (tertiary/aromatic N) is 1. The Bertz CT molecular complexity index is 556. The highest BCUT2D eigenvalue weighted by molar-refractivity contribution is 5.97. The van der Waals surface area contributed by atoms with E-state index in [-0.39, 0.29) is 17.9 Å². The van der Waals surface area contributed by atoms with E-state index in [2.05, 4.69) is 17.6 Å². The van der Waals surface area contributed by atoms with Crippen LogP contribution in [0, 0.1) is 5.92 Å². The topological polar surface area (TPSA) is 61.4 Å². The van der Waals surface area contributed by atoms with Crippen molar-refractivity contribution in [2.24, 2.45) is 5.92 Å². The molecule has 118 valence electrons. The van der Waals surface area contributed by atoms with Crippen LogP contribution < -0.4 is 15.5 Å². The summed E-state index contributed by atoms with van der Waals surface area (Å²) in [6.07, 6.45) is 3.56. The van der Waals surface area contributed by atoms with E-state index in [1.165, 1.54) is 0 Å². The maximum atomic E-state index is 12.3. The molecule has 2 aliphatic rings. The zero-order valence-electron chi connectivity index (χ0n) is 13.0. The van der Waals surface area contributed by atoms with Crippen LogP contribution in [0.1, 0.15) is 32.6 Å². The van der Waals surface area contributed by atoms with Crippen molar-refractivity contribution < 1.29 is 9.59 Å². The van der Waals surface area contributed by atoms with E-state index >= 15 is 0 Å². The number of amides is 2. The van der Waals surface area contributed by atoms with Gasteiger partial charge in [-0.05, 0) is 56.0 Å². The van der Waals surface area contributed by atoms with E-state index in [0.717, 1.165) is 43.7 Å². The zero-order chi connectivity index (χ0) is 15.5. The molecule has 22 heavy (non-hydrogen) atoms. The van der Waals surface area contributed by atoms with E-state index in [4.69, 9.17) is 0 Å². The molecule has 0 spiro atoms. The van der Waals surface area contributed by atoms with Crippen LogP contribution in [0.2, 0.25) is 0 Å². The predicted molar refractivity (Wildman–Crippen MR) is 86.8 cm³/mol. The van der Waals surface area contributed by atoms with Gasteiger partial charge < -0.3 is 15.5 Å². The molecule has 0 aliphatic carbocycles. The number of carbonyl (C=O) groups is 2. The van der Waals surface area contributed by atoms with Gasteiger partial charge in [0.1, 0.15) is 0 Å². The summed E-state index contributed by atoms with van der Waals surface area (Å²) in [5.74, 6) is 0.786. The van der Waals surface area contributed by atoms with Gasteiger partial charge in [-0.25, -0.2) is 0 Å². The number of piperidine rings is 1. The number of carbonyl (C=O) groups excluding carboxylic acids is 2. The average Bonchev–Trinajstić information content (AvgIpc) is 2.94. The van der Waals surface area contributed by atoms with Crippen LogP contribution in [0.5, 0.6) is 0 Å². The first-order valence-electron chi connectivity index (χ1n) is 8.08. The fourth-order valence-electron chi connectivity index (χ4n) is 3.18. The normalized spacial score (nSPS) is 25.3. The van der Waals surface area contributed by atoms with Crippen LogP contribution in [0.25, 0.3) is 0 Å². The first-order chi connectivity index (χ1) is 10.6. The molecular formula is C17H23N3O2. The lowest BCUT2D eigenvalue weighted by molar-refractivity contribution is -0.119. The quantitative estimate of drug-likeness (QED) is 0.899. The highest BCUT2D eigenvalue weighted by Gasteiger charge is 2.25. The molecule has 2 N–H and O–H groups in total. The Morgan fingerprint density at radius 1 is 1.32 bits per heavy atom. The van der Waals surface area contributed by atoms with Crippen molar-refractivity contribution in [1.82, 2.24) is 5.32 Å². The van der Waals surface area contributed by atoms with Gasteiger partial charge in [-0.15, -0.1) is 0 Å². The van der Waals surface area contributed by atoms with Crippen molar-refractivity contribution in [3.8, 4) is 0 Å². The monoisotopic (exact) mass is 301 g/mol. The SMILES string of the molecule is CC1CCNC(C(=O)Nc2ccc(N3CCCC3=O)cc2)C1. The second-order valence-corrected chi connectivity index (χ2v) is 6.32. The maximum absolute atomic E-state index is 12.3. The van der Waals surface area contributed by atoms with E-state index in [9.17, 15) is 9.59 Å². The fourth-order valence-corrected chi connectivity index (χ4v) is 3.18. The molecule has 1 aromatic rings. The van der Waals surface area contributed by atoms with Crippen molar-refractivity contribution in [3.05, 3.63) is 24.3 Å². The Morgan fingerprint density at radius 3 is 2.73 bits per heavy atom. The largest absolute Gasteiger partial charge is 0.325 e. The molecule has 2 fully saturated rings. The molecule has 2 aliphatic heterocycles. The molecule has 0 bridgehead atoms. The Labute approximate surface area is 131 Å². The molecule has 2 unspecified atom stereocenters. The minimum Gasteiger partial charge on any atom is -0.325 e. The maximum Gasteiger partial charge on any atom is 0.241 e. The van der Waals surface area contributed by atoms with Gasteiger partial charge in [-0.2, -0.15) is 0 Å². The van der Waals surface area contributed by atoms with Gasteiger partial charge in [0.2, 0.25) is 11.8 Å². The van der Waals surface area contributed by atoms with E-state index in [1.807, 2.05) is 24.3 Å². The van der Waals surface area contributed by atoms with Crippen LogP contribution in [0.3, 0.4) is 0 Å². The Kier molecular flexibility index (Phi) is 4.43. The van der Waals surface area contributed by atoms with Crippen molar-refractivity contribution in [3.63, 3.8) is 0 Å². The van der Waals surface area contributed by atoms with Gasteiger partial charge in [0, 0.05) is 24.3 Å². The van der Waals surface area contributed by atoms with Gasteiger partial charge >= 0.3 is 0 Å². The molecule has 1 aromatic carbocycles. The lowest BCUT2D eigenvalue weighted by atomic mass is 9.94. The van der Waals surface area contributed by atoms with Crippen LogP contribution in [0.4, 0.5) is 11.4 Å². The van der Waals surface area contributed by atoms with E-state index in [1.54, 1.807) is 4.90 Å². The van der Waals surface area contributed by atoms with Crippen LogP contribution >= 0.6 is 0 Å². The van der Waals surface area contributed by atoms with Gasteiger partial charge in [-0.1, -0.05) is 6.92 Å². The van der Waals surface area contributed by atoms with Crippen LogP contribution in [-0.2, 0) is 9.59 Å². The zero-order valence-corrected chi connectivity index (χ0v) is 13.0. The number of hydrogen-bond acceptors (Lipinski definition) is 3. The van der Waals surface area contributed by atoms with Gasteiger partial charge in [0.05, 0.1) is 6.04 Å². The summed E-state index contributed by atoms with van der Waals surface area (Å²) in [6.45, 7) is 3.87. The first kappa shape index (κ1) is 15.0. The summed E-state index contributed by atoms with van der Waals surface area (Å²) >= 11 is 0. The van der Waals surface area contributed by atoms with Gasteiger partial charge in [-0.3, -0.25) is 9.59 Å². The number of benzene rings is 1. The van der Waals surface area contributed by atoms with E-state index < -0.39 is 0 Å². The van der Waals surface area contributed by atoms with Crippen molar-refractivity contribution in [2.75, 3.05) is 23.3 Å². The Morgan fingerprint density at radius 2 is 2.09 bits per heavy atom. The third kappa shape index (κ3) is 3.30. The van der Waals surface area contributed by atoms with Crippen molar-refractivity contribution in [2.45, 2.75) is 38.6 Å². The second kappa shape index (κ2) is 6.48. The summed E-state index contributed by atoms with van der Waals surface area (Å²) in [5, 5.41) is 6.22. The number of anilines is 2. The summed E-state index contributed by atoms with van der Waals surface area (Å²) in [6, 6.07) is 7.42. The Balaban J connectivity index is 1.61. The summed E-state index contributed by atoms with van der Waals surface area (Å²) in [4.78, 5) is 25.8. The minimum absolute atomic E-state index is 0.0246. The van der Waals surface area contributed by atoms with Gasteiger partial charge in [0.15, 0.2) is 0 Å². The molecule has 0 radical (unpaired) electrons. The molecular weight excluding hydrogens is 278 g/mol. The van der Waals surface area contributed by atoms with Crippen LogP contribution in [-0.4, -0.2) is 30.9 Å². The molecule has 2 amide bonds. The molecule has 0 saturated carbocycles. The highest BCUT2D eigenvalue weighted by Crippen LogP contribution is 2.23. The van der Waals surface area contributed by atoms with Crippen LogP contribution in [0.15, 0.2) is 24.3 Å². The standard InChI is InChI=1S/C17H23N3O2/c1-12-8-9-18-15(11-12)17(22)19-13-4-6-14(7-5-13)20-10-2-3-16(20)21/h4-7,12,15,18H,2-3,8-11H2,1H3,(H,19,22). The molecule has 5 nitrogen and oxygen atoms in total. The predicted octanol–water partition coefficient (Wildman–Crippen LogP) is 2.14. The summed E-state index contributed by atoms with van der Waals surface area (Å²) in [5.41, 5.74) is 1.69. The fraction of sp³-hybridized carbons (Fsp3) is 0.529. The summed E-state index contributed by atoms with van der Waals surface area (Å²) in [7, 11) is 0. The molecule has 5 heteroatoms. The summed E-state index contributed by atoms with van der Waals surface area (Å²) < 4.78 is 0. The van der Waals surface area contributed by atoms with Crippen molar-refractivity contribution in [1.29, 1.82) is 0 Å². The highest BCUT2D eigenvalue weighted by atomic mass is 16.2. The lowest BCUT2D eigenvalue weighted by Crippen LogP contribution is -2.45. The molecule has 2 atom stereocenters. The smallest absolute Gasteiger partial charge is 0.241 e. The molecule has 2 heterocycles. The second-order valence-electron chi connectivity index (χ2n) is 6.32. The van der Waals surface area contributed by atoms with Gasteiger partial charge in [0.25, 0.3) is 0 Å². The third-order valence-corrected chi connectivity index (χ3v) is 4.50. The average molecular weight is 301 g/mol. The number of rotatable bonds is 3. The van der Waals surface area contributed by atoms with E-state index in [0.29, 0.717) is 12.3 Å².